The fourth-order valence-electron chi connectivity index (χ4n) is 2.38. The summed E-state index contributed by atoms with van der Waals surface area (Å²) in [7, 11) is -3.26. The first-order valence-electron chi connectivity index (χ1n) is 7.16. The summed E-state index contributed by atoms with van der Waals surface area (Å²) in [6.07, 6.45) is 2.80. The van der Waals surface area contributed by atoms with Crippen LogP contribution in [0, 0.1) is 5.92 Å². The van der Waals surface area contributed by atoms with Crippen molar-refractivity contribution in [1.29, 1.82) is 0 Å². The first-order valence-corrected chi connectivity index (χ1v) is 9.05. The van der Waals surface area contributed by atoms with Gasteiger partial charge in [-0.2, -0.15) is 0 Å². The van der Waals surface area contributed by atoms with Crippen LogP contribution in [0.4, 0.5) is 5.82 Å². The van der Waals surface area contributed by atoms with Gasteiger partial charge in [-0.15, -0.1) is 0 Å². The molecule has 1 aliphatic rings. The molecule has 0 amide bonds. The number of morpholine rings is 1. The van der Waals surface area contributed by atoms with E-state index in [2.05, 4.69) is 22.1 Å². The van der Waals surface area contributed by atoms with E-state index in [0.717, 1.165) is 32.8 Å². The van der Waals surface area contributed by atoms with E-state index in [1.165, 1.54) is 6.26 Å². The highest BCUT2D eigenvalue weighted by Crippen LogP contribution is 2.18. The molecule has 1 fully saturated rings. The molecule has 1 aromatic rings. The summed E-state index contributed by atoms with van der Waals surface area (Å²) in [4.78, 5) is 6.76. The Kier molecular flexibility index (Phi) is 5.55. The van der Waals surface area contributed by atoms with Gasteiger partial charge in [0.2, 0.25) is 0 Å². The topological polar surface area (TPSA) is 71.5 Å². The minimum atomic E-state index is -3.26. The number of rotatable bonds is 6. The first kappa shape index (κ1) is 16.2. The van der Waals surface area contributed by atoms with Crippen LogP contribution in [0.15, 0.2) is 23.2 Å². The van der Waals surface area contributed by atoms with Crippen LogP contribution in [0.3, 0.4) is 0 Å². The number of hydrogen-bond acceptors (Lipinski definition) is 6. The lowest BCUT2D eigenvalue weighted by Crippen LogP contribution is -2.40. The quantitative estimate of drug-likeness (QED) is 0.840. The van der Waals surface area contributed by atoms with Crippen molar-refractivity contribution in [2.24, 2.45) is 5.92 Å². The summed E-state index contributed by atoms with van der Waals surface area (Å²) in [5.74, 6) is 0.839. The van der Waals surface area contributed by atoms with Gasteiger partial charge >= 0.3 is 0 Å². The molecule has 1 N–H and O–H groups in total. The Labute approximate surface area is 126 Å². The zero-order chi connectivity index (χ0) is 15.3. The van der Waals surface area contributed by atoms with Crippen molar-refractivity contribution in [3.8, 4) is 0 Å². The van der Waals surface area contributed by atoms with E-state index in [-0.39, 0.29) is 4.90 Å². The van der Waals surface area contributed by atoms with Gasteiger partial charge in [0.25, 0.3) is 0 Å². The lowest BCUT2D eigenvalue weighted by molar-refractivity contribution is 0.0325. The van der Waals surface area contributed by atoms with E-state index < -0.39 is 9.84 Å². The second kappa shape index (κ2) is 7.20. The van der Waals surface area contributed by atoms with Gasteiger partial charge in [0.05, 0.1) is 13.2 Å². The lowest BCUT2D eigenvalue weighted by atomic mass is 10.1. The molecule has 6 nitrogen and oxygen atoms in total. The van der Waals surface area contributed by atoms with Crippen molar-refractivity contribution in [1.82, 2.24) is 9.88 Å². The molecule has 0 radical (unpaired) electrons. The summed E-state index contributed by atoms with van der Waals surface area (Å²) in [6, 6.07) is 3.22. The fraction of sp³-hybridized carbons (Fsp3) is 0.643. The van der Waals surface area contributed by atoms with Gasteiger partial charge in [0.1, 0.15) is 10.7 Å². The Morgan fingerprint density at radius 3 is 2.81 bits per heavy atom. The number of anilines is 1. The molecule has 1 aliphatic heterocycles. The number of sulfone groups is 1. The highest BCUT2D eigenvalue weighted by molar-refractivity contribution is 7.90. The highest BCUT2D eigenvalue weighted by atomic mass is 32.2. The molecule has 7 heteroatoms. The standard InChI is InChI=1S/C14H23N3O3S/c1-12(11-17-6-8-20-9-7-17)10-16-14-13(21(2,18)19)4-3-5-15-14/h3-5,12H,6-11H2,1-2H3,(H,15,16). The summed E-state index contributed by atoms with van der Waals surface area (Å²) in [6.45, 7) is 7.31. The van der Waals surface area contributed by atoms with E-state index in [4.69, 9.17) is 4.74 Å². The van der Waals surface area contributed by atoms with Crippen LogP contribution in [-0.2, 0) is 14.6 Å². The molecule has 1 unspecified atom stereocenters. The van der Waals surface area contributed by atoms with Crippen LogP contribution in [0.25, 0.3) is 0 Å². The number of nitrogens with one attached hydrogen (secondary N) is 1. The van der Waals surface area contributed by atoms with Gasteiger partial charge in [-0.05, 0) is 18.1 Å². The van der Waals surface area contributed by atoms with Crippen LogP contribution in [0.1, 0.15) is 6.92 Å². The van der Waals surface area contributed by atoms with Gasteiger partial charge in [0, 0.05) is 38.6 Å². The van der Waals surface area contributed by atoms with E-state index >= 15 is 0 Å². The van der Waals surface area contributed by atoms with Crippen molar-refractivity contribution < 1.29 is 13.2 Å². The average Bonchev–Trinajstić information content (AvgIpc) is 2.45. The molecule has 118 valence electrons. The molecule has 0 bridgehead atoms. The molecular formula is C14H23N3O3S. The Morgan fingerprint density at radius 1 is 1.43 bits per heavy atom. The maximum Gasteiger partial charge on any atom is 0.179 e. The monoisotopic (exact) mass is 313 g/mol. The van der Waals surface area contributed by atoms with E-state index in [1.807, 2.05) is 0 Å². The average molecular weight is 313 g/mol. The molecule has 0 aliphatic carbocycles. The molecule has 2 heterocycles. The number of hydrogen-bond donors (Lipinski definition) is 1. The first-order chi connectivity index (χ1) is 9.97. The van der Waals surface area contributed by atoms with Crippen molar-refractivity contribution in [3.63, 3.8) is 0 Å². The van der Waals surface area contributed by atoms with Crippen molar-refractivity contribution >= 4 is 15.7 Å². The SMILES string of the molecule is CC(CNc1ncccc1S(C)(=O)=O)CN1CCOCC1. The summed E-state index contributed by atoms with van der Waals surface area (Å²) in [5.41, 5.74) is 0. The summed E-state index contributed by atoms with van der Waals surface area (Å²) >= 11 is 0. The Bertz CT molecular complexity index is 556. The molecule has 21 heavy (non-hydrogen) atoms. The van der Waals surface area contributed by atoms with Crippen molar-refractivity contribution in [3.05, 3.63) is 18.3 Å². The largest absolute Gasteiger partial charge is 0.379 e. The smallest absolute Gasteiger partial charge is 0.179 e. The second-order valence-corrected chi connectivity index (χ2v) is 7.51. The molecule has 1 saturated heterocycles. The zero-order valence-electron chi connectivity index (χ0n) is 12.6. The van der Waals surface area contributed by atoms with Gasteiger partial charge in [-0.3, -0.25) is 4.90 Å². The Morgan fingerprint density at radius 2 is 2.14 bits per heavy atom. The fourth-order valence-corrected chi connectivity index (χ4v) is 3.18. The third-order valence-electron chi connectivity index (χ3n) is 3.46. The highest BCUT2D eigenvalue weighted by Gasteiger charge is 2.16. The third-order valence-corrected chi connectivity index (χ3v) is 4.59. The van der Waals surface area contributed by atoms with Crippen LogP contribution in [0.5, 0.6) is 0 Å². The minimum Gasteiger partial charge on any atom is -0.379 e. The minimum absolute atomic E-state index is 0.253. The van der Waals surface area contributed by atoms with Crippen LogP contribution in [-0.4, -0.2) is 64.0 Å². The van der Waals surface area contributed by atoms with Crippen molar-refractivity contribution in [2.45, 2.75) is 11.8 Å². The summed E-state index contributed by atoms with van der Waals surface area (Å²) < 4.78 is 28.8. The number of nitrogens with zero attached hydrogens (tertiary/aromatic N) is 2. The predicted molar refractivity (Wildman–Crippen MR) is 82.3 cm³/mol. The third kappa shape index (κ3) is 4.94. The molecule has 1 atom stereocenters. The van der Waals surface area contributed by atoms with Crippen LogP contribution >= 0.6 is 0 Å². The zero-order valence-corrected chi connectivity index (χ0v) is 13.4. The molecule has 1 aromatic heterocycles. The lowest BCUT2D eigenvalue weighted by Gasteiger charge is -2.29. The predicted octanol–water partition coefficient (Wildman–Crippen LogP) is 0.865. The van der Waals surface area contributed by atoms with E-state index in [9.17, 15) is 8.42 Å². The van der Waals surface area contributed by atoms with Gasteiger partial charge < -0.3 is 10.1 Å². The Hall–Kier alpha value is -1.18. The van der Waals surface area contributed by atoms with E-state index in [1.54, 1.807) is 18.3 Å². The maximum atomic E-state index is 11.7. The Balaban J connectivity index is 1.90. The molecule has 2 rings (SSSR count). The molecule has 0 spiro atoms. The number of pyridine rings is 1. The van der Waals surface area contributed by atoms with Gasteiger partial charge in [-0.25, -0.2) is 13.4 Å². The molecular weight excluding hydrogens is 290 g/mol. The van der Waals surface area contributed by atoms with Gasteiger partial charge in [0.15, 0.2) is 9.84 Å². The van der Waals surface area contributed by atoms with Crippen LogP contribution < -0.4 is 5.32 Å². The number of ether oxygens (including phenoxy) is 1. The maximum absolute atomic E-state index is 11.7. The van der Waals surface area contributed by atoms with Crippen LogP contribution in [0.2, 0.25) is 0 Å². The van der Waals surface area contributed by atoms with E-state index in [0.29, 0.717) is 18.3 Å². The molecule has 0 aromatic carbocycles. The number of aromatic nitrogens is 1. The van der Waals surface area contributed by atoms with Crippen molar-refractivity contribution in [2.75, 3.05) is 51.0 Å². The summed E-state index contributed by atoms with van der Waals surface area (Å²) in [5, 5.41) is 3.16. The molecule has 0 saturated carbocycles. The van der Waals surface area contributed by atoms with Gasteiger partial charge in [-0.1, -0.05) is 6.92 Å². The second-order valence-electron chi connectivity index (χ2n) is 5.52. The normalized spacial score (nSPS) is 18.4.